The second-order valence-corrected chi connectivity index (χ2v) is 5.23. The van der Waals surface area contributed by atoms with E-state index in [4.69, 9.17) is 0 Å². The molecule has 0 aliphatic heterocycles. The Kier molecular flexibility index (Phi) is 4.76. The third-order valence-corrected chi connectivity index (χ3v) is 3.97. The fraction of sp³-hybridized carbons (Fsp3) is 0.357. The number of hydrogen-bond donors (Lipinski definition) is 2. The predicted molar refractivity (Wildman–Crippen MR) is 76.3 cm³/mol. The van der Waals surface area contributed by atoms with Crippen LogP contribution in [0.3, 0.4) is 0 Å². The van der Waals surface area contributed by atoms with Crippen LogP contribution in [0.5, 0.6) is 0 Å². The van der Waals surface area contributed by atoms with Crippen LogP contribution in [0.4, 0.5) is 0 Å². The van der Waals surface area contributed by atoms with E-state index in [-0.39, 0.29) is 5.97 Å². The average molecular weight is 278 g/mol. The summed E-state index contributed by atoms with van der Waals surface area (Å²) in [5, 5.41) is 5.57. The van der Waals surface area contributed by atoms with Gasteiger partial charge in [-0.15, -0.1) is 11.3 Å². The number of methoxy groups -OCH3 is 1. The maximum Gasteiger partial charge on any atom is 0.354 e. The van der Waals surface area contributed by atoms with Crippen LogP contribution in [0.2, 0.25) is 0 Å². The van der Waals surface area contributed by atoms with E-state index in [1.165, 1.54) is 12.0 Å². The maximum absolute atomic E-state index is 11.3. The summed E-state index contributed by atoms with van der Waals surface area (Å²) in [5.41, 5.74) is 1.47. The Labute approximate surface area is 116 Å². The van der Waals surface area contributed by atoms with Gasteiger partial charge in [-0.1, -0.05) is 13.0 Å². The number of nitrogens with one attached hydrogen (secondary N) is 2. The van der Waals surface area contributed by atoms with Crippen molar-refractivity contribution in [3.63, 3.8) is 0 Å². The minimum Gasteiger partial charge on any atom is -0.464 e. The summed E-state index contributed by atoms with van der Waals surface area (Å²) >= 11 is 1.76. The lowest BCUT2D eigenvalue weighted by atomic mass is 10.2. The lowest BCUT2D eigenvalue weighted by Crippen LogP contribution is -2.19. The largest absolute Gasteiger partial charge is 0.464 e. The highest BCUT2D eigenvalue weighted by molar-refractivity contribution is 7.10. The molecule has 0 spiro atoms. The minimum atomic E-state index is -0.337. The SMILES string of the molecule is CCC(NCc1ccc(C(=O)OC)[nH]1)c1cccs1. The molecule has 0 radical (unpaired) electrons. The topological polar surface area (TPSA) is 54.1 Å². The van der Waals surface area contributed by atoms with E-state index < -0.39 is 0 Å². The number of aromatic nitrogens is 1. The van der Waals surface area contributed by atoms with Crippen LogP contribution in [-0.2, 0) is 11.3 Å². The molecule has 0 fully saturated rings. The van der Waals surface area contributed by atoms with Gasteiger partial charge in [0.15, 0.2) is 0 Å². The van der Waals surface area contributed by atoms with Gasteiger partial charge in [-0.05, 0) is 30.0 Å². The molecule has 0 aliphatic rings. The molecular weight excluding hydrogens is 260 g/mol. The molecular formula is C14H18N2O2S. The van der Waals surface area contributed by atoms with Crippen molar-refractivity contribution < 1.29 is 9.53 Å². The van der Waals surface area contributed by atoms with Crippen LogP contribution >= 0.6 is 11.3 Å². The summed E-state index contributed by atoms with van der Waals surface area (Å²) in [5.74, 6) is -0.337. The second-order valence-electron chi connectivity index (χ2n) is 4.25. The van der Waals surface area contributed by atoms with Gasteiger partial charge in [0.2, 0.25) is 0 Å². The molecule has 2 aromatic heterocycles. The molecule has 19 heavy (non-hydrogen) atoms. The summed E-state index contributed by atoms with van der Waals surface area (Å²) < 4.78 is 4.67. The summed E-state index contributed by atoms with van der Waals surface area (Å²) in [4.78, 5) is 15.7. The number of carbonyl (C=O) groups is 1. The van der Waals surface area contributed by atoms with Crippen LogP contribution < -0.4 is 5.32 Å². The number of H-pyrrole nitrogens is 1. The molecule has 0 saturated heterocycles. The number of thiophene rings is 1. The third-order valence-electron chi connectivity index (χ3n) is 2.99. The van der Waals surface area contributed by atoms with Gasteiger partial charge < -0.3 is 15.0 Å². The highest BCUT2D eigenvalue weighted by Crippen LogP contribution is 2.22. The molecule has 0 aromatic carbocycles. The van der Waals surface area contributed by atoms with Gasteiger partial charge in [-0.2, -0.15) is 0 Å². The summed E-state index contributed by atoms with van der Waals surface area (Å²) in [7, 11) is 1.38. The number of esters is 1. The first-order chi connectivity index (χ1) is 9.24. The lowest BCUT2D eigenvalue weighted by molar-refractivity contribution is 0.0594. The average Bonchev–Trinajstić information content (AvgIpc) is 3.09. The lowest BCUT2D eigenvalue weighted by Gasteiger charge is -2.14. The normalized spacial score (nSPS) is 12.3. The zero-order chi connectivity index (χ0) is 13.7. The molecule has 0 amide bonds. The van der Waals surface area contributed by atoms with E-state index in [9.17, 15) is 4.79 Å². The highest BCUT2D eigenvalue weighted by Gasteiger charge is 2.11. The maximum atomic E-state index is 11.3. The van der Waals surface area contributed by atoms with Gasteiger partial charge in [-0.25, -0.2) is 4.79 Å². The van der Waals surface area contributed by atoms with Crippen molar-refractivity contribution in [1.82, 2.24) is 10.3 Å². The van der Waals surface area contributed by atoms with Gasteiger partial charge >= 0.3 is 5.97 Å². The smallest absolute Gasteiger partial charge is 0.354 e. The van der Waals surface area contributed by atoms with Crippen LogP contribution in [-0.4, -0.2) is 18.1 Å². The molecule has 1 atom stereocenters. The van der Waals surface area contributed by atoms with E-state index in [2.05, 4.69) is 39.5 Å². The third kappa shape index (κ3) is 3.45. The van der Waals surface area contributed by atoms with Gasteiger partial charge in [-0.3, -0.25) is 0 Å². The molecule has 0 saturated carbocycles. The van der Waals surface area contributed by atoms with Crippen molar-refractivity contribution in [2.24, 2.45) is 0 Å². The Morgan fingerprint density at radius 2 is 2.32 bits per heavy atom. The standard InChI is InChI=1S/C14H18N2O2S/c1-3-11(13-5-4-8-19-13)15-9-10-6-7-12(16-10)14(17)18-2/h4-8,11,15-16H,3,9H2,1-2H3. The Hall–Kier alpha value is -1.59. The molecule has 2 aromatic rings. The molecule has 2 rings (SSSR count). The first kappa shape index (κ1) is 13.8. The van der Waals surface area contributed by atoms with Gasteiger partial charge in [0.05, 0.1) is 7.11 Å². The molecule has 4 nitrogen and oxygen atoms in total. The molecule has 0 bridgehead atoms. The summed E-state index contributed by atoms with van der Waals surface area (Å²) in [6.07, 6.45) is 1.03. The van der Waals surface area contributed by atoms with Crippen LogP contribution in [0.15, 0.2) is 29.6 Å². The Morgan fingerprint density at radius 1 is 1.47 bits per heavy atom. The van der Waals surface area contributed by atoms with Crippen molar-refractivity contribution in [2.45, 2.75) is 25.9 Å². The van der Waals surface area contributed by atoms with Crippen molar-refractivity contribution in [3.8, 4) is 0 Å². The second kappa shape index (κ2) is 6.54. The van der Waals surface area contributed by atoms with E-state index >= 15 is 0 Å². The Morgan fingerprint density at radius 3 is 2.95 bits per heavy atom. The highest BCUT2D eigenvalue weighted by atomic mass is 32.1. The fourth-order valence-corrected chi connectivity index (χ4v) is 2.83. The molecule has 5 heteroatoms. The van der Waals surface area contributed by atoms with Crippen LogP contribution in [0.1, 0.15) is 40.4 Å². The molecule has 2 N–H and O–H groups in total. The first-order valence-corrected chi connectivity index (χ1v) is 7.15. The molecule has 1 unspecified atom stereocenters. The summed E-state index contributed by atoms with van der Waals surface area (Å²) in [6.45, 7) is 2.86. The van der Waals surface area contributed by atoms with Gasteiger partial charge in [0.25, 0.3) is 0 Å². The number of aromatic amines is 1. The molecule has 2 heterocycles. The van der Waals surface area contributed by atoms with E-state index in [0.717, 1.165) is 12.1 Å². The van der Waals surface area contributed by atoms with E-state index in [1.807, 2.05) is 6.07 Å². The number of hydrogen-bond acceptors (Lipinski definition) is 4. The predicted octanol–water partition coefficient (Wildman–Crippen LogP) is 3.10. The number of ether oxygens (including phenoxy) is 1. The zero-order valence-electron chi connectivity index (χ0n) is 11.1. The molecule has 102 valence electrons. The Balaban J connectivity index is 1.94. The van der Waals surface area contributed by atoms with Crippen molar-refractivity contribution in [2.75, 3.05) is 7.11 Å². The minimum absolute atomic E-state index is 0.337. The fourth-order valence-electron chi connectivity index (χ4n) is 1.94. The van der Waals surface area contributed by atoms with Crippen molar-refractivity contribution in [3.05, 3.63) is 45.9 Å². The monoisotopic (exact) mass is 278 g/mol. The van der Waals surface area contributed by atoms with Crippen LogP contribution in [0.25, 0.3) is 0 Å². The first-order valence-electron chi connectivity index (χ1n) is 6.27. The Bertz CT molecular complexity index is 519. The van der Waals surface area contributed by atoms with Crippen molar-refractivity contribution in [1.29, 1.82) is 0 Å². The number of carbonyl (C=O) groups excluding carboxylic acids is 1. The van der Waals surface area contributed by atoms with Gasteiger partial charge in [0.1, 0.15) is 5.69 Å². The quantitative estimate of drug-likeness (QED) is 0.798. The van der Waals surface area contributed by atoms with E-state index in [1.54, 1.807) is 17.4 Å². The zero-order valence-corrected chi connectivity index (χ0v) is 11.9. The summed E-state index contributed by atoms with van der Waals surface area (Å²) in [6, 6.07) is 8.20. The van der Waals surface area contributed by atoms with Crippen LogP contribution in [0, 0.1) is 0 Å². The van der Waals surface area contributed by atoms with E-state index in [0.29, 0.717) is 18.3 Å². The number of rotatable bonds is 6. The van der Waals surface area contributed by atoms with Crippen molar-refractivity contribution >= 4 is 17.3 Å². The molecule has 0 aliphatic carbocycles. The van der Waals surface area contributed by atoms with Gasteiger partial charge in [0, 0.05) is 23.2 Å².